The van der Waals surface area contributed by atoms with Gasteiger partial charge in [-0.3, -0.25) is 0 Å². The highest BCUT2D eigenvalue weighted by Crippen LogP contribution is 2.21. The lowest BCUT2D eigenvalue weighted by molar-refractivity contribution is 0.337. The predicted octanol–water partition coefficient (Wildman–Crippen LogP) is 0.898. The van der Waals surface area contributed by atoms with Gasteiger partial charge in [-0.1, -0.05) is 0 Å². The first kappa shape index (κ1) is 12.1. The number of nitrogens with one attached hydrogen (secondary N) is 1. The van der Waals surface area contributed by atoms with Crippen LogP contribution in [0, 0.1) is 0 Å². The van der Waals surface area contributed by atoms with Crippen LogP contribution in [0.25, 0.3) is 0 Å². The normalized spacial score (nSPS) is 22.3. The zero-order chi connectivity index (χ0) is 12.3. The summed E-state index contributed by atoms with van der Waals surface area (Å²) in [6, 6.07) is 4.56. The first-order chi connectivity index (χ1) is 8.20. The molecule has 2 heterocycles. The van der Waals surface area contributed by atoms with Crippen LogP contribution in [-0.2, 0) is 0 Å². The van der Waals surface area contributed by atoms with Crippen molar-refractivity contribution < 1.29 is 0 Å². The van der Waals surface area contributed by atoms with Crippen molar-refractivity contribution in [1.82, 2.24) is 9.88 Å². The molecule has 1 aromatic rings. The first-order valence-corrected chi connectivity index (χ1v) is 6.08. The molecule has 0 saturated carbocycles. The van der Waals surface area contributed by atoms with Gasteiger partial charge >= 0.3 is 0 Å². The number of rotatable bonds is 2. The highest BCUT2D eigenvalue weighted by Gasteiger charge is 2.19. The van der Waals surface area contributed by atoms with Crippen LogP contribution in [0.2, 0.25) is 0 Å². The topological polar surface area (TPSA) is 57.4 Å². The van der Waals surface area contributed by atoms with Crippen LogP contribution < -0.4 is 16.2 Å². The predicted molar refractivity (Wildman–Crippen MR) is 71.0 cm³/mol. The minimum absolute atomic E-state index is 0.510. The number of nitrogens with two attached hydrogens (primary N) is 1. The van der Waals surface area contributed by atoms with Gasteiger partial charge in [-0.15, -0.1) is 0 Å². The van der Waals surface area contributed by atoms with Gasteiger partial charge in [0.1, 0.15) is 5.82 Å². The zero-order valence-electron chi connectivity index (χ0n) is 10.6. The SMILES string of the molecule is CC1CN(C)CCCN1c1ccnc(NN)c1. The third-order valence-electron chi connectivity index (χ3n) is 3.27. The van der Waals surface area contributed by atoms with Crippen molar-refractivity contribution in [3.8, 4) is 0 Å². The van der Waals surface area contributed by atoms with E-state index in [0.717, 1.165) is 19.6 Å². The van der Waals surface area contributed by atoms with E-state index < -0.39 is 0 Å². The summed E-state index contributed by atoms with van der Waals surface area (Å²) in [5.41, 5.74) is 3.79. The molecule has 5 nitrogen and oxygen atoms in total. The Morgan fingerprint density at radius 3 is 3.06 bits per heavy atom. The van der Waals surface area contributed by atoms with E-state index in [0.29, 0.717) is 11.9 Å². The maximum Gasteiger partial charge on any atom is 0.141 e. The summed E-state index contributed by atoms with van der Waals surface area (Å²) < 4.78 is 0. The van der Waals surface area contributed by atoms with Crippen LogP contribution in [0.15, 0.2) is 18.3 Å². The summed E-state index contributed by atoms with van der Waals surface area (Å²) in [4.78, 5) is 8.95. The van der Waals surface area contributed by atoms with Gasteiger partial charge in [0.05, 0.1) is 0 Å². The molecule has 1 fully saturated rings. The van der Waals surface area contributed by atoms with Gasteiger partial charge in [0.2, 0.25) is 0 Å². The Hall–Kier alpha value is -1.33. The zero-order valence-corrected chi connectivity index (χ0v) is 10.6. The number of hydrazine groups is 1. The second kappa shape index (κ2) is 5.33. The van der Waals surface area contributed by atoms with Crippen molar-refractivity contribution in [2.24, 2.45) is 5.84 Å². The van der Waals surface area contributed by atoms with Gasteiger partial charge in [-0.05, 0) is 33.0 Å². The number of nitrogens with zero attached hydrogens (tertiary/aromatic N) is 3. The summed E-state index contributed by atoms with van der Waals surface area (Å²) in [6.45, 7) is 5.60. The van der Waals surface area contributed by atoms with Crippen LogP contribution >= 0.6 is 0 Å². The van der Waals surface area contributed by atoms with E-state index in [2.05, 4.69) is 34.2 Å². The second-order valence-electron chi connectivity index (χ2n) is 4.70. The number of aromatic nitrogens is 1. The van der Waals surface area contributed by atoms with Crippen molar-refractivity contribution in [2.45, 2.75) is 19.4 Å². The minimum Gasteiger partial charge on any atom is -0.367 e. The molecule has 0 bridgehead atoms. The Kier molecular flexibility index (Phi) is 3.81. The lowest BCUT2D eigenvalue weighted by Gasteiger charge is -2.30. The standard InChI is InChI=1S/C12H21N5/c1-10-9-16(2)6-3-7-17(10)11-4-5-14-12(8-11)15-13/h4-5,8,10H,3,6-7,9,13H2,1-2H3,(H,14,15). The Morgan fingerprint density at radius 1 is 1.47 bits per heavy atom. The van der Waals surface area contributed by atoms with Crippen LogP contribution in [0.3, 0.4) is 0 Å². The molecular weight excluding hydrogens is 214 g/mol. The lowest BCUT2D eigenvalue weighted by atomic mass is 10.2. The quantitative estimate of drug-likeness (QED) is 0.589. The molecular formula is C12H21N5. The molecule has 1 aliphatic rings. The number of hydrogen-bond donors (Lipinski definition) is 2. The summed E-state index contributed by atoms with van der Waals surface area (Å²) in [7, 11) is 2.18. The number of hydrogen-bond acceptors (Lipinski definition) is 5. The Balaban J connectivity index is 2.19. The van der Waals surface area contributed by atoms with Gasteiger partial charge in [0.25, 0.3) is 0 Å². The smallest absolute Gasteiger partial charge is 0.141 e. The molecule has 1 atom stereocenters. The molecule has 3 N–H and O–H groups in total. The van der Waals surface area contributed by atoms with Crippen molar-refractivity contribution >= 4 is 11.5 Å². The third kappa shape index (κ3) is 2.87. The Labute approximate surface area is 103 Å². The van der Waals surface area contributed by atoms with Crippen molar-refractivity contribution in [3.05, 3.63) is 18.3 Å². The molecule has 0 spiro atoms. The lowest BCUT2D eigenvalue weighted by Crippen LogP contribution is -2.38. The van der Waals surface area contributed by atoms with Crippen LogP contribution in [-0.4, -0.2) is 42.6 Å². The van der Waals surface area contributed by atoms with E-state index in [9.17, 15) is 0 Å². The van der Waals surface area contributed by atoms with E-state index in [-0.39, 0.29) is 0 Å². The molecule has 1 saturated heterocycles. The van der Waals surface area contributed by atoms with Crippen LogP contribution in [0.1, 0.15) is 13.3 Å². The molecule has 94 valence electrons. The summed E-state index contributed by atoms with van der Waals surface area (Å²) in [5.74, 6) is 6.11. The molecule has 5 heteroatoms. The van der Waals surface area contributed by atoms with Crippen molar-refractivity contribution in [3.63, 3.8) is 0 Å². The van der Waals surface area contributed by atoms with E-state index in [1.165, 1.54) is 12.1 Å². The number of nitrogen functional groups attached to an aromatic ring is 1. The van der Waals surface area contributed by atoms with Crippen LogP contribution in [0.4, 0.5) is 11.5 Å². The maximum absolute atomic E-state index is 5.40. The molecule has 0 amide bonds. The molecule has 1 aromatic heterocycles. The largest absolute Gasteiger partial charge is 0.367 e. The Morgan fingerprint density at radius 2 is 2.29 bits per heavy atom. The van der Waals surface area contributed by atoms with E-state index in [4.69, 9.17) is 5.84 Å². The molecule has 17 heavy (non-hydrogen) atoms. The fourth-order valence-corrected chi connectivity index (χ4v) is 2.43. The van der Waals surface area contributed by atoms with Crippen molar-refractivity contribution in [2.75, 3.05) is 37.0 Å². The molecule has 1 unspecified atom stereocenters. The molecule has 0 aliphatic carbocycles. The number of anilines is 2. The van der Waals surface area contributed by atoms with Gasteiger partial charge in [-0.25, -0.2) is 10.8 Å². The highest BCUT2D eigenvalue weighted by molar-refractivity contribution is 5.54. The van der Waals surface area contributed by atoms with E-state index in [1.807, 2.05) is 12.1 Å². The average Bonchev–Trinajstić information content (AvgIpc) is 2.50. The molecule has 0 aromatic carbocycles. The van der Waals surface area contributed by atoms with E-state index >= 15 is 0 Å². The van der Waals surface area contributed by atoms with E-state index in [1.54, 1.807) is 6.20 Å². The van der Waals surface area contributed by atoms with Gasteiger partial charge in [0.15, 0.2) is 0 Å². The molecule has 0 radical (unpaired) electrons. The minimum atomic E-state index is 0.510. The summed E-state index contributed by atoms with van der Waals surface area (Å²) in [5, 5.41) is 0. The number of likely N-dealkylation sites (N-methyl/N-ethyl adjacent to an activating group) is 1. The fraction of sp³-hybridized carbons (Fsp3) is 0.583. The first-order valence-electron chi connectivity index (χ1n) is 6.08. The second-order valence-corrected chi connectivity index (χ2v) is 4.70. The Bertz CT molecular complexity index is 368. The van der Waals surface area contributed by atoms with Gasteiger partial charge in [0, 0.05) is 37.1 Å². The maximum atomic E-state index is 5.40. The molecule has 2 rings (SSSR count). The molecule has 1 aliphatic heterocycles. The fourth-order valence-electron chi connectivity index (χ4n) is 2.43. The van der Waals surface area contributed by atoms with Gasteiger partial charge < -0.3 is 15.2 Å². The van der Waals surface area contributed by atoms with Gasteiger partial charge in [-0.2, -0.15) is 0 Å². The summed E-state index contributed by atoms with van der Waals surface area (Å²) in [6.07, 6.45) is 2.99. The third-order valence-corrected chi connectivity index (χ3v) is 3.27. The van der Waals surface area contributed by atoms with Crippen LogP contribution in [0.5, 0.6) is 0 Å². The summed E-state index contributed by atoms with van der Waals surface area (Å²) >= 11 is 0. The highest BCUT2D eigenvalue weighted by atomic mass is 15.3. The van der Waals surface area contributed by atoms with Crippen molar-refractivity contribution in [1.29, 1.82) is 0 Å². The monoisotopic (exact) mass is 235 g/mol. The average molecular weight is 235 g/mol. The number of pyridine rings is 1.